The Balaban J connectivity index is 0.00000162. The van der Waals surface area contributed by atoms with E-state index in [1.807, 2.05) is 0 Å². The summed E-state index contributed by atoms with van der Waals surface area (Å²) in [5.41, 5.74) is 5.84. The lowest BCUT2D eigenvalue weighted by Crippen LogP contribution is -1.99. The summed E-state index contributed by atoms with van der Waals surface area (Å²) in [7, 11) is 0. The van der Waals surface area contributed by atoms with Crippen molar-refractivity contribution < 1.29 is 9.13 Å². The zero-order chi connectivity index (χ0) is 12.3. The molecule has 0 spiro atoms. The summed E-state index contributed by atoms with van der Waals surface area (Å²) in [5, 5.41) is 0.571. The normalized spacial score (nSPS) is 9.72. The predicted octanol–water partition coefficient (Wildman–Crippen LogP) is 4.15. The van der Waals surface area contributed by atoms with Crippen molar-refractivity contribution in [1.82, 2.24) is 0 Å². The third kappa shape index (κ3) is 3.60. The first-order chi connectivity index (χ1) is 8.19. The SMILES string of the molecule is Cl.NCc1ccc(Oc2cccc(Cl)c2)cc1F. The van der Waals surface area contributed by atoms with Gasteiger partial charge < -0.3 is 10.5 Å². The number of halogens is 3. The molecule has 0 aliphatic rings. The minimum absolute atomic E-state index is 0. The topological polar surface area (TPSA) is 35.2 Å². The van der Waals surface area contributed by atoms with Crippen LogP contribution in [0.4, 0.5) is 4.39 Å². The zero-order valence-corrected chi connectivity index (χ0v) is 11.0. The molecule has 0 aliphatic heterocycles. The Kier molecular flexibility index (Phi) is 5.41. The molecule has 0 saturated carbocycles. The van der Waals surface area contributed by atoms with Crippen LogP contribution in [0.2, 0.25) is 5.02 Å². The number of nitrogens with two attached hydrogens (primary N) is 1. The second-order valence-corrected chi connectivity index (χ2v) is 3.95. The Morgan fingerprint density at radius 1 is 1.11 bits per heavy atom. The van der Waals surface area contributed by atoms with Gasteiger partial charge in [-0.2, -0.15) is 0 Å². The van der Waals surface area contributed by atoms with E-state index in [2.05, 4.69) is 0 Å². The summed E-state index contributed by atoms with van der Waals surface area (Å²) in [6, 6.07) is 11.5. The van der Waals surface area contributed by atoms with Crippen LogP contribution in [-0.2, 0) is 6.54 Å². The van der Waals surface area contributed by atoms with Crippen LogP contribution in [0.25, 0.3) is 0 Å². The van der Waals surface area contributed by atoms with Gasteiger partial charge in [-0.15, -0.1) is 12.4 Å². The second-order valence-electron chi connectivity index (χ2n) is 3.52. The molecule has 2 nitrogen and oxygen atoms in total. The van der Waals surface area contributed by atoms with Gasteiger partial charge in [-0.05, 0) is 24.3 Å². The fourth-order valence-corrected chi connectivity index (χ4v) is 1.60. The molecule has 5 heteroatoms. The van der Waals surface area contributed by atoms with E-state index < -0.39 is 0 Å². The minimum Gasteiger partial charge on any atom is -0.457 e. The highest BCUT2D eigenvalue weighted by Gasteiger charge is 2.04. The Labute approximate surface area is 116 Å². The smallest absolute Gasteiger partial charge is 0.131 e. The number of hydrogen-bond acceptors (Lipinski definition) is 2. The quantitative estimate of drug-likeness (QED) is 0.920. The van der Waals surface area contributed by atoms with Gasteiger partial charge in [0.1, 0.15) is 17.3 Å². The molecule has 0 saturated heterocycles. The van der Waals surface area contributed by atoms with Crippen LogP contribution in [0.5, 0.6) is 11.5 Å². The van der Waals surface area contributed by atoms with Gasteiger partial charge in [-0.1, -0.05) is 23.7 Å². The van der Waals surface area contributed by atoms with Gasteiger partial charge in [0.25, 0.3) is 0 Å². The fraction of sp³-hybridized carbons (Fsp3) is 0.0769. The monoisotopic (exact) mass is 287 g/mol. The molecule has 96 valence electrons. The van der Waals surface area contributed by atoms with Crippen LogP contribution >= 0.6 is 24.0 Å². The first kappa shape index (κ1) is 14.8. The van der Waals surface area contributed by atoms with E-state index in [1.165, 1.54) is 6.07 Å². The van der Waals surface area contributed by atoms with Gasteiger partial charge >= 0.3 is 0 Å². The van der Waals surface area contributed by atoms with Crippen LogP contribution in [0.15, 0.2) is 42.5 Å². The molecular weight excluding hydrogens is 276 g/mol. The first-order valence-corrected chi connectivity index (χ1v) is 5.49. The predicted molar refractivity (Wildman–Crippen MR) is 73.1 cm³/mol. The molecule has 2 N–H and O–H groups in total. The zero-order valence-electron chi connectivity index (χ0n) is 9.40. The van der Waals surface area contributed by atoms with Crippen LogP contribution in [-0.4, -0.2) is 0 Å². The maximum absolute atomic E-state index is 13.4. The largest absolute Gasteiger partial charge is 0.457 e. The molecule has 2 rings (SSSR count). The first-order valence-electron chi connectivity index (χ1n) is 5.11. The van der Waals surface area contributed by atoms with E-state index in [9.17, 15) is 4.39 Å². The van der Waals surface area contributed by atoms with Crippen molar-refractivity contribution in [3.63, 3.8) is 0 Å². The number of ether oxygens (including phenoxy) is 1. The molecule has 0 atom stereocenters. The Morgan fingerprint density at radius 2 is 1.83 bits per heavy atom. The maximum atomic E-state index is 13.4. The molecule has 0 bridgehead atoms. The van der Waals surface area contributed by atoms with Gasteiger partial charge in [0.2, 0.25) is 0 Å². The van der Waals surface area contributed by atoms with Crippen molar-refractivity contribution in [3.05, 3.63) is 58.9 Å². The Morgan fingerprint density at radius 3 is 2.44 bits per heavy atom. The molecule has 0 heterocycles. The molecule has 0 aromatic heterocycles. The second kappa shape index (κ2) is 6.59. The molecule has 18 heavy (non-hydrogen) atoms. The van der Waals surface area contributed by atoms with E-state index >= 15 is 0 Å². The highest BCUT2D eigenvalue weighted by molar-refractivity contribution is 6.30. The third-order valence-corrected chi connectivity index (χ3v) is 2.51. The molecule has 0 fully saturated rings. The highest BCUT2D eigenvalue weighted by Crippen LogP contribution is 2.25. The van der Waals surface area contributed by atoms with E-state index in [1.54, 1.807) is 36.4 Å². The minimum atomic E-state index is -0.368. The number of hydrogen-bond donors (Lipinski definition) is 1. The summed E-state index contributed by atoms with van der Waals surface area (Å²) in [6.07, 6.45) is 0. The number of benzene rings is 2. The van der Waals surface area contributed by atoms with Crippen LogP contribution in [0.3, 0.4) is 0 Å². The van der Waals surface area contributed by atoms with Crippen LogP contribution < -0.4 is 10.5 Å². The van der Waals surface area contributed by atoms with Crippen LogP contribution in [0, 0.1) is 5.82 Å². The molecule has 2 aromatic rings. The fourth-order valence-electron chi connectivity index (χ4n) is 1.42. The summed E-state index contributed by atoms with van der Waals surface area (Å²) in [4.78, 5) is 0. The molecule has 0 aliphatic carbocycles. The summed E-state index contributed by atoms with van der Waals surface area (Å²) < 4.78 is 18.9. The lowest BCUT2D eigenvalue weighted by Gasteiger charge is -2.07. The summed E-state index contributed by atoms with van der Waals surface area (Å²) in [6.45, 7) is 0.170. The lowest BCUT2D eigenvalue weighted by atomic mass is 10.2. The Bertz CT molecular complexity index is 534. The molecule has 2 aromatic carbocycles. The van der Waals surface area contributed by atoms with E-state index in [0.29, 0.717) is 22.1 Å². The average molecular weight is 288 g/mol. The van der Waals surface area contributed by atoms with Crippen LogP contribution in [0.1, 0.15) is 5.56 Å². The van der Waals surface area contributed by atoms with Gasteiger partial charge in [0.15, 0.2) is 0 Å². The van der Waals surface area contributed by atoms with Gasteiger partial charge in [-0.25, -0.2) is 4.39 Å². The van der Waals surface area contributed by atoms with Crippen molar-refractivity contribution in [3.8, 4) is 11.5 Å². The van der Waals surface area contributed by atoms with Crippen molar-refractivity contribution in [2.75, 3.05) is 0 Å². The highest BCUT2D eigenvalue weighted by atomic mass is 35.5. The molecular formula is C13H12Cl2FNO. The van der Waals surface area contributed by atoms with Gasteiger partial charge in [-0.3, -0.25) is 0 Å². The van der Waals surface area contributed by atoms with Crippen molar-refractivity contribution >= 4 is 24.0 Å². The van der Waals surface area contributed by atoms with E-state index in [0.717, 1.165) is 0 Å². The molecule has 0 unspecified atom stereocenters. The standard InChI is InChI=1S/C13H11ClFNO.ClH/c14-10-2-1-3-11(6-10)17-12-5-4-9(8-16)13(15)7-12;/h1-7H,8,16H2;1H. The van der Waals surface area contributed by atoms with E-state index in [4.69, 9.17) is 22.1 Å². The van der Waals surface area contributed by atoms with Crippen molar-refractivity contribution in [1.29, 1.82) is 0 Å². The number of rotatable bonds is 3. The maximum Gasteiger partial charge on any atom is 0.131 e. The average Bonchev–Trinajstić information content (AvgIpc) is 2.29. The van der Waals surface area contributed by atoms with Crippen molar-refractivity contribution in [2.24, 2.45) is 5.73 Å². The third-order valence-electron chi connectivity index (χ3n) is 2.28. The molecule has 0 radical (unpaired) electrons. The van der Waals surface area contributed by atoms with E-state index in [-0.39, 0.29) is 24.8 Å². The Hall–Kier alpha value is -1.29. The molecule has 0 amide bonds. The van der Waals surface area contributed by atoms with Gasteiger partial charge in [0, 0.05) is 23.2 Å². The summed E-state index contributed by atoms with van der Waals surface area (Å²) in [5.74, 6) is 0.617. The summed E-state index contributed by atoms with van der Waals surface area (Å²) >= 11 is 5.82. The van der Waals surface area contributed by atoms with Crippen molar-refractivity contribution in [2.45, 2.75) is 6.54 Å². The van der Waals surface area contributed by atoms with Gasteiger partial charge in [0.05, 0.1) is 0 Å². The lowest BCUT2D eigenvalue weighted by molar-refractivity contribution is 0.475.